The Morgan fingerprint density at radius 3 is 2.27 bits per heavy atom. The van der Waals surface area contributed by atoms with Gasteiger partial charge in [-0.25, -0.2) is 0 Å². The highest BCUT2D eigenvalue weighted by Gasteiger charge is 2.36. The Morgan fingerprint density at radius 2 is 2.00 bits per heavy atom. The molecule has 2 atom stereocenters. The van der Waals surface area contributed by atoms with Crippen molar-refractivity contribution in [3.8, 4) is 0 Å². The van der Waals surface area contributed by atoms with Crippen LogP contribution in [0.1, 0.15) is 34.1 Å². The molecule has 0 radical (unpaired) electrons. The zero-order valence-corrected chi connectivity index (χ0v) is 8.30. The maximum absolute atomic E-state index is 2.62. The van der Waals surface area contributed by atoms with Crippen molar-refractivity contribution in [3.05, 3.63) is 0 Å². The van der Waals surface area contributed by atoms with Crippen LogP contribution >= 0.6 is 0 Å². The van der Waals surface area contributed by atoms with Gasteiger partial charge < -0.3 is 4.90 Å². The molecule has 0 aromatic carbocycles. The van der Waals surface area contributed by atoms with E-state index >= 15 is 0 Å². The van der Waals surface area contributed by atoms with E-state index in [2.05, 4.69) is 32.6 Å². The van der Waals surface area contributed by atoms with E-state index in [0.717, 1.165) is 17.9 Å². The summed E-state index contributed by atoms with van der Waals surface area (Å²) in [6, 6.07) is 0.919. The monoisotopic (exact) mass is 155 g/mol. The second kappa shape index (κ2) is 3.57. The molecule has 0 spiro atoms. The largest absolute Gasteiger partial charge is 0.300 e. The van der Waals surface area contributed by atoms with Gasteiger partial charge in [-0.1, -0.05) is 27.7 Å². The van der Waals surface area contributed by atoms with Crippen molar-refractivity contribution in [1.29, 1.82) is 0 Å². The summed E-state index contributed by atoms with van der Waals surface area (Å²) in [5.74, 6) is 1.79. The Morgan fingerprint density at radius 1 is 1.45 bits per heavy atom. The minimum absolute atomic E-state index is 0.822. The van der Waals surface area contributed by atoms with Gasteiger partial charge in [0.05, 0.1) is 0 Å². The van der Waals surface area contributed by atoms with Crippen LogP contribution in [0.25, 0.3) is 0 Å². The molecule has 1 aliphatic carbocycles. The number of nitrogens with zero attached hydrogens (tertiary/aromatic N) is 1. The van der Waals surface area contributed by atoms with Crippen LogP contribution in [0.5, 0.6) is 0 Å². The molecule has 1 fully saturated rings. The van der Waals surface area contributed by atoms with Crippen LogP contribution in [0.15, 0.2) is 0 Å². The third-order valence-electron chi connectivity index (χ3n) is 2.54. The van der Waals surface area contributed by atoms with Gasteiger partial charge in [0.1, 0.15) is 0 Å². The maximum Gasteiger partial charge on any atom is 0.0125 e. The molecule has 0 N–H and O–H groups in total. The van der Waals surface area contributed by atoms with Crippen molar-refractivity contribution in [2.75, 3.05) is 13.1 Å². The van der Waals surface area contributed by atoms with Gasteiger partial charge in [0.2, 0.25) is 0 Å². The summed E-state index contributed by atoms with van der Waals surface area (Å²) < 4.78 is 0. The van der Waals surface area contributed by atoms with Crippen molar-refractivity contribution in [1.82, 2.24) is 4.90 Å². The van der Waals surface area contributed by atoms with Gasteiger partial charge in [-0.2, -0.15) is 0 Å². The van der Waals surface area contributed by atoms with Crippen molar-refractivity contribution < 1.29 is 0 Å². The van der Waals surface area contributed by atoms with E-state index in [1.165, 1.54) is 19.5 Å². The SMILES string of the molecule is CCN(CC(C)C)C1CC1C. The van der Waals surface area contributed by atoms with E-state index in [-0.39, 0.29) is 0 Å². The molecule has 0 aromatic rings. The highest BCUT2D eigenvalue weighted by molar-refractivity contribution is 4.91. The first-order chi connectivity index (χ1) is 5.15. The summed E-state index contributed by atoms with van der Waals surface area (Å²) in [7, 11) is 0. The van der Waals surface area contributed by atoms with E-state index < -0.39 is 0 Å². The summed E-state index contributed by atoms with van der Waals surface area (Å²) >= 11 is 0. The van der Waals surface area contributed by atoms with E-state index in [9.17, 15) is 0 Å². The van der Waals surface area contributed by atoms with E-state index in [1.807, 2.05) is 0 Å². The Kier molecular flexibility index (Phi) is 2.94. The molecule has 1 nitrogen and oxygen atoms in total. The fraction of sp³-hybridized carbons (Fsp3) is 1.00. The average Bonchev–Trinajstić information content (AvgIpc) is 2.61. The van der Waals surface area contributed by atoms with Gasteiger partial charge in [0.25, 0.3) is 0 Å². The molecule has 1 saturated carbocycles. The highest BCUT2D eigenvalue weighted by atomic mass is 15.2. The normalized spacial score (nSPS) is 30.0. The van der Waals surface area contributed by atoms with Crippen molar-refractivity contribution in [2.45, 2.75) is 40.2 Å². The molecule has 0 heterocycles. The molecule has 1 aliphatic rings. The van der Waals surface area contributed by atoms with Crippen LogP contribution in [0, 0.1) is 11.8 Å². The van der Waals surface area contributed by atoms with E-state index in [4.69, 9.17) is 0 Å². The third-order valence-corrected chi connectivity index (χ3v) is 2.54. The zero-order chi connectivity index (χ0) is 8.43. The van der Waals surface area contributed by atoms with Crippen LogP contribution in [-0.4, -0.2) is 24.0 Å². The van der Waals surface area contributed by atoms with Crippen LogP contribution < -0.4 is 0 Å². The summed E-state index contributed by atoms with van der Waals surface area (Å²) in [5.41, 5.74) is 0. The molecule has 0 amide bonds. The van der Waals surface area contributed by atoms with Gasteiger partial charge in [-0.3, -0.25) is 0 Å². The Labute approximate surface area is 70.8 Å². The van der Waals surface area contributed by atoms with Gasteiger partial charge in [-0.05, 0) is 24.8 Å². The lowest BCUT2D eigenvalue weighted by Crippen LogP contribution is -2.30. The predicted octanol–water partition coefficient (Wildman–Crippen LogP) is 2.37. The van der Waals surface area contributed by atoms with Gasteiger partial charge in [-0.15, -0.1) is 0 Å². The van der Waals surface area contributed by atoms with Crippen LogP contribution in [0.2, 0.25) is 0 Å². The second-order valence-electron chi connectivity index (χ2n) is 4.26. The van der Waals surface area contributed by atoms with Crippen LogP contribution in [-0.2, 0) is 0 Å². The van der Waals surface area contributed by atoms with Gasteiger partial charge in [0, 0.05) is 12.6 Å². The lowest BCUT2D eigenvalue weighted by atomic mass is 10.2. The zero-order valence-electron chi connectivity index (χ0n) is 8.30. The summed E-state index contributed by atoms with van der Waals surface area (Å²) in [4.78, 5) is 2.62. The fourth-order valence-corrected chi connectivity index (χ4v) is 1.78. The van der Waals surface area contributed by atoms with Crippen LogP contribution in [0.4, 0.5) is 0 Å². The molecule has 0 aromatic heterocycles. The summed E-state index contributed by atoms with van der Waals surface area (Å²) in [6.45, 7) is 11.7. The quantitative estimate of drug-likeness (QED) is 0.602. The minimum atomic E-state index is 0.822. The second-order valence-corrected chi connectivity index (χ2v) is 4.26. The molecular formula is C10H21N. The lowest BCUT2D eigenvalue weighted by molar-refractivity contribution is 0.238. The molecular weight excluding hydrogens is 134 g/mol. The molecule has 0 aliphatic heterocycles. The highest BCUT2D eigenvalue weighted by Crippen LogP contribution is 2.34. The summed E-state index contributed by atoms with van der Waals surface area (Å²) in [5, 5.41) is 0. The molecule has 2 unspecified atom stereocenters. The first kappa shape index (κ1) is 9.05. The van der Waals surface area contributed by atoms with Crippen molar-refractivity contribution in [2.24, 2.45) is 11.8 Å². The van der Waals surface area contributed by atoms with E-state index in [0.29, 0.717) is 0 Å². The molecule has 11 heavy (non-hydrogen) atoms. The predicted molar refractivity (Wildman–Crippen MR) is 49.7 cm³/mol. The smallest absolute Gasteiger partial charge is 0.0125 e. The molecule has 1 heteroatoms. The maximum atomic E-state index is 2.62. The first-order valence-electron chi connectivity index (χ1n) is 4.89. The van der Waals surface area contributed by atoms with Gasteiger partial charge >= 0.3 is 0 Å². The van der Waals surface area contributed by atoms with Gasteiger partial charge in [0.15, 0.2) is 0 Å². The minimum Gasteiger partial charge on any atom is -0.300 e. The molecule has 66 valence electrons. The first-order valence-corrected chi connectivity index (χ1v) is 4.89. The number of hydrogen-bond donors (Lipinski definition) is 0. The topological polar surface area (TPSA) is 3.24 Å². The number of rotatable bonds is 4. The molecule has 1 rings (SSSR count). The molecule has 0 saturated heterocycles. The number of hydrogen-bond acceptors (Lipinski definition) is 1. The average molecular weight is 155 g/mol. The summed E-state index contributed by atoms with van der Waals surface area (Å²) in [6.07, 6.45) is 1.43. The van der Waals surface area contributed by atoms with Crippen LogP contribution in [0.3, 0.4) is 0 Å². The Balaban J connectivity index is 2.26. The van der Waals surface area contributed by atoms with Crippen molar-refractivity contribution >= 4 is 0 Å². The lowest BCUT2D eigenvalue weighted by Gasteiger charge is -2.22. The van der Waals surface area contributed by atoms with Crippen molar-refractivity contribution in [3.63, 3.8) is 0 Å². The Hall–Kier alpha value is -0.0400. The Bertz CT molecular complexity index is 120. The van der Waals surface area contributed by atoms with E-state index in [1.54, 1.807) is 0 Å². The standard InChI is InChI=1S/C10H21N/c1-5-11(7-8(2)3)10-6-9(10)4/h8-10H,5-7H2,1-4H3. The third kappa shape index (κ3) is 2.48. The fourth-order valence-electron chi connectivity index (χ4n) is 1.78. The molecule has 0 bridgehead atoms.